The van der Waals surface area contributed by atoms with Crippen molar-refractivity contribution in [2.45, 2.75) is 76.0 Å². The van der Waals surface area contributed by atoms with Crippen LogP contribution in [0.4, 0.5) is 31.1 Å². The number of hydrogen-bond donors (Lipinski definition) is 1. The van der Waals surface area contributed by atoms with Crippen molar-refractivity contribution >= 4 is 12.1 Å². The number of carboxylic acids is 1. The van der Waals surface area contributed by atoms with E-state index in [0.717, 1.165) is 31.9 Å². The Labute approximate surface area is 215 Å². The summed E-state index contributed by atoms with van der Waals surface area (Å²) in [5.74, 6) is -1.06. The molecular weight excluding hydrogens is 522 g/mol. The van der Waals surface area contributed by atoms with Gasteiger partial charge >= 0.3 is 24.4 Å². The molecule has 0 radical (unpaired) electrons. The highest BCUT2D eigenvalue weighted by Crippen LogP contribution is 2.47. The molecular formula is C25H30F6N2O5. The van der Waals surface area contributed by atoms with Gasteiger partial charge in [-0.25, -0.2) is 4.79 Å². The maximum absolute atomic E-state index is 13.4. The molecule has 3 aliphatic rings. The minimum absolute atomic E-state index is 0.0171. The average molecular weight is 553 g/mol. The maximum atomic E-state index is 13.4. The van der Waals surface area contributed by atoms with Gasteiger partial charge in [-0.1, -0.05) is 6.07 Å². The van der Waals surface area contributed by atoms with Gasteiger partial charge in [0.2, 0.25) is 0 Å². The van der Waals surface area contributed by atoms with Gasteiger partial charge in [0.25, 0.3) is 0 Å². The van der Waals surface area contributed by atoms with E-state index in [9.17, 15) is 41.0 Å². The third-order valence-corrected chi connectivity index (χ3v) is 8.00. The number of nitrogens with zero attached hydrogens (tertiary/aromatic N) is 2. The summed E-state index contributed by atoms with van der Waals surface area (Å²) in [6.45, 7) is 1.83. The van der Waals surface area contributed by atoms with Gasteiger partial charge in [0.05, 0.1) is 5.56 Å². The van der Waals surface area contributed by atoms with Gasteiger partial charge in [-0.2, -0.15) is 26.3 Å². The van der Waals surface area contributed by atoms with Gasteiger partial charge < -0.3 is 19.5 Å². The smallest absolute Gasteiger partial charge is 0.425 e. The number of hydrogen-bond acceptors (Lipinski definition) is 5. The Morgan fingerprint density at radius 2 is 1.68 bits per heavy atom. The van der Waals surface area contributed by atoms with Crippen LogP contribution in [0.3, 0.4) is 0 Å². The van der Waals surface area contributed by atoms with E-state index in [4.69, 9.17) is 4.74 Å². The third-order valence-electron chi connectivity index (χ3n) is 8.00. The van der Waals surface area contributed by atoms with E-state index in [0.29, 0.717) is 37.8 Å². The van der Waals surface area contributed by atoms with Gasteiger partial charge in [-0.3, -0.25) is 9.69 Å². The SMILES string of the molecule is CC(OC(=O)N1CCC2(CCCN2Cc2ccc(C(F)(F)F)cc2OCC2(C(=O)O)CC2)CC1)C(F)(F)F. The van der Waals surface area contributed by atoms with Crippen molar-refractivity contribution in [3.63, 3.8) is 0 Å². The van der Waals surface area contributed by atoms with Gasteiger partial charge in [0.15, 0.2) is 6.10 Å². The Kier molecular flexibility index (Phi) is 7.54. The van der Waals surface area contributed by atoms with Crippen molar-refractivity contribution in [2.24, 2.45) is 5.41 Å². The summed E-state index contributed by atoms with van der Waals surface area (Å²) in [5, 5.41) is 9.42. The number of alkyl halides is 6. The van der Waals surface area contributed by atoms with Crippen LogP contribution in [0.2, 0.25) is 0 Å². The molecule has 1 N–H and O–H groups in total. The molecule has 0 bridgehead atoms. The second kappa shape index (κ2) is 10.1. The Morgan fingerprint density at radius 1 is 1.03 bits per heavy atom. The molecule has 1 aromatic carbocycles. The summed E-state index contributed by atoms with van der Waals surface area (Å²) in [4.78, 5) is 27.1. The van der Waals surface area contributed by atoms with Crippen LogP contribution in [0.1, 0.15) is 56.6 Å². The zero-order valence-corrected chi connectivity index (χ0v) is 20.8. The molecule has 2 aliphatic heterocycles. The lowest BCUT2D eigenvalue weighted by molar-refractivity contribution is -0.200. The van der Waals surface area contributed by atoms with E-state index in [-0.39, 0.29) is 37.5 Å². The predicted octanol–water partition coefficient (Wildman–Crippen LogP) is 5.47. The number of carbonyl (C=O) groups is 2. The second-order valence-electron chi connectivity index (χ2n) is 10.5. The van der Waals surface area contributed by atoms with E-state index in [2.05, 4.69) is 9.64 Å². The van der Waals surface area contributed by atoms with E-state index >= 15 is 0 Å². The fraction of sp³-hybridized carbons (Fsp3) is 0.680. The molecule has 1 saturated carbocycles. The first kappa shape index (κ1) is 28.3. The lowest BCUT2D eigenvalue weighted by Crippen LogP contribution is -2.53. The summed E-state index contributed by atoms with van der Waals surface area (Å²) in [7, 11) is 0. The number of carbonyl (C=O) groups excluding carboxylic acids is 1. The number of rotatable bonds is 7. The molecule has 1 unspecified atom stereocenters. The van der Waals surface area contributed by atoms with Crippen LogP contribution in [0, 0.1) is 5.41 Å². The molecule has 1 aromatic rings. The number of likely N-dealkylation sites (tertiary alicyclic amines) is 2. The minimum atomic E-state index is -4.65. The predicted molar refractivity (Wildman–Crippen MR) is 121 cm³/mol. The first-order valence-corrected chi connectivity index (χ1v) is 12.5. The molecule has 0 aromatic heterocycles. The highest BCUT2D eigenvalue weighted by molar-refractivity contribution is 5.78. The van der Waals surface area contributed by atoms with Crippen molar-refractivity contribution in [3.8, 4) is 5.75 Å². The van der Waals surface area contributed by atoms with Crippen molar-refractivity contribution < 1.29 is 50.5 Å². The van der Waals surface area contributed by atoms with Gasteiger partial charge in [-0.15, -0.1) is 0 Å². The zero-order valence-electron chi connectivity index (χ0n) is 20.8. The Balaban J connectivity index is 1.46. The molecule has 2 heterocycles. The molecule has 7 nitrogen and oxygen atoms in total. The van der Waals surface area contributed by atoms with E-state index in [1.54, 1.807) is 0 Å². The number of aliphatic carboxylic acids is 1. The number of benzene rings is 1. The number of ether oxygens (including phenoxy) is 2. The molecule has 4 rings (SSSR count). The summed E-state index contributed by atoms with van der Waals surface area (Å²) in [5.41, 5.74) is -1.86. The van der Waals surface area contributed by atoms with Crippen LogP contribution in [0.5, 0.6) is 5.75 Å². The van der Waals surface area contributed by atoms with Crippen LogP contribution < -0.4 is 4.74 Å². The zero-order chi connectivity index (χ0) is 27.9. The quantitative estimate of drug-likeness (QED) is 0.453. The molecule has 1 aliphatic carbocycles. The first-order valence-electron chi connectivity index (χ1n) is 12.5. The molecule has 1 atom stereocenters. The van der Waals surface area contributed by atoms with Crippen LogP contribution in [-0.2, 0) is 22.3 Å². The van der Waals surface area contributed by atoms with Crippen LogP contribution in [0.15, 0.2) is 18.2 Å². The second-order valence-corrected chi connectivity index (χ2v) is 10.5. The molecule has 1 spiro atoms. The average Bonchev–Trinajstić information content (AvgIpc) is 3.55. The molecule has 212 valence electrons. The Morgan fingerprint density at radius 3 is 2.24 bits per heavy atom. The number of amides is 1. The monoisotopic (exact) mass is 552 g/mol. The van der Waals surface area contributed by atoms with E-state index in [1.165, 1.54) is 11.0 Å². The van der Waals surface area contributed by atoms with Gasteiger partial charge in [0, 0.05) is 30.7 Å². The fourth-order valence-electron chi connectivity index (χ4n) is 5.19. The van der Waals surface area contributed by atoms with Crippen molar-refractivity contribution in [1.29, 1.82) is 0 Å². The van der Waals surface area contributed by atoms with Crippen molar-refractivity contribution in [1.82, 2.24) is 9.80 Å². The normalized spacial score (nSPS) is 21.8. The number of piperidine rings is 1. The number of carboxylic acid groups (broad SMARTS) is 1. The summed E-state index contributed by atoms with van der Waals surface area (Å²) in [6, 6.07) is 3.21. The highest BCUT2D eigenvalue weighted by Gasteiger charge is 2.51. The topological polar surface area (TPSA) is 79.3 Å². The lowest BCUT2D eigenvalue weighted by Gasteiger charge is -2.45. The Bertz CT molecular complexity index is 1050. The third kappa shape index (κ3) is 5.97. The van der Waals surface area contributed by atoms with E-state index in [1.807, 2.05) is 0 Å². The largest absolute Gasteiger partial charge is 0.492 e. The van der Waals surface area contributed by atoms with Gasteiger partial charge in [-0.05, 0) is 64.1 Å². The van der Waals surface area contributed by atoms with Gasteiger partial charge in [0.1, 0.15) is 17.8 Å². The fourth-order valence-corrected chi connectivity index (χ4v) is 5.19. The molecule has 1 amide bonds. The lowest BCUT2D eigenvalue weighted by atomic mass is 9.85. The summed E-state index contributed by atoms with van der Waals surface area (Å²) in [6.07, 6.45) is -9.17. The molecule has 13 heteroatoms. The standard InChI is InChI=1S/C25H30F6N2O5/c1-16(24(26,27)28)38-21(36)32-11-8-23(9-12-32)5-2-10-33(23)14-17-3-4-18(25(29,30)31)13-19(17)37-15-22(6-7-22)20(34)35/h3-4,13,16H,2,5-12,14-15H2,1H3,(H,34,35). The minimum Gasteiger partial charge on any atom is -0.492 e. The Hall–Kier alpha value is -2.70. The summed E-state index contributed by atoms with van der Waals surface area (Å²) >= 11 is 0. The van der Waals surface area contributed by atoms with Crippen LogP contribution in [0.25, 0.3) is 0 Å². The van der Waals surface area contributed by atoms with Crippen LogP contribution >= 0.6 is 0 Å². The van der Waals surface area contributed by atoms with E-state index < -0.39 is 41.5 Å². The maximum Gasteiger partial charge on any atom is 0.425 e. The van der Waals surface area contributed by atoms with Crippen LogP contribution in [-0.4, -0.2) is 71.0 Å². The van der Waals surface area contributed by atoms with Crippen molar-refractivity contribution in [3.05, 3.63) is 29.3 Å². The number of halogens is 6. The summed E-state index contributed by atoms with van der Waals surface area (Å²) < 4.78 is 88.7. The first-order chi connectivity index (χ1) is 17.7. The molecule has 3 fully saturated rings. The molecule has 2 saturated heterocycles. The van der Waals surface area contributed by atoms with Crippen molar-refractivity contribution in [2.75, 3.05) is 26.2 Å². The highest BCUT2D eigenvalue weighted by atomic mass is 19.4. The molecule has 38 heavy (non-hydrogen) atoms.